The number of nitrogens with one attached hydrogen (secondary N) is 6. The molecular weight excluding hydrogens is 340 g/mol. The van der Waals surface area contributed by atoms with Crippen LogP contribution in [0.15, 0.2) is 12.4 Å². The predicted octanol–water partition coefficient (Wildman–Crippen LogP) is 1.17. The van der Waals surface area contributed by atoms with Gasteiger partial charge in [-0.2, -0.15) is 0 Å². The third-order valence-corrected chi connectivity index (χ3v) is 3.60. The first-order valence-corrected chi connectivity index (χ1v) is 9.61. The fourth-order valence-electron chi connectivity index (χ4n) is 1.72. The summed E-state index contributed by atoms with van der Waals surface area (Å²) in [7, 11) is 0. The molecule has 0 unspecified atom stereocenters. The van der Waals surface area contributed by atoms with E-state index < -0.39 is 0 Å². The fraction of sp³-hybridized carbons (Fsp3) is 0.750. The molecule has 0 rings (SSSR count). The van der Waals surface area contributed by atoms with Crippen molar-refractivity contribution in [2.75, 3.05) is 39.3 Å². The highest BCUT2D eigenvalue weighted by atomic mass is 32.1. The summed E-state index contributed by atoms with van der Waals surface area (Å²) in [4.78, 5) is 0. The molecule has 0 aliphatic heterocycles. The Hall–Kier alpha value is -1.28. The Bertz CT molecular complexity index is 330. The molecule has 0 atom stereocenters. The lowest BCUT2D eigenvalue weighted by molar-refractivity contribution is 0.626. The maximum absolute atomic E-state index is 5.15. The van der Waals surface area contributed by atoms with E-state index in [0.717, 1.165) is 81.0 Å². The van der Waals surface area contributed by atoms with Crippen molar-refractivity contribution < 1.29 is 0 Å². The molecular formula is C16H34N6S2. The maximum Gasteiger partial charge on any atom is 0.166 e. The van der Waals surface area contributed by atoms with E-state index in [1.54, 1.807) is 0 Å². The van der Waals surface area contributed by atoms with Crippen molar-refractivity contribution in [2.24, 2.45) is 0 Å². The first-order chi connectivity index (χ1) is 11.6. The summed E-state index contributed by atoms with van der Waals surface area (Å²) in [5.41, 5.74) is 0. The Kier molecular flexibility index (Phi) is 15.7. The first kappa shape index (κ1) is 22.7. The van der Waals surface area contributed by atoms with Gasteiger partial charge in [-0.1, -0.05) is 20.4 Å². The van der Waals surface area contributed by atoms with Gasteiger partial charge in [0.15, 0.2) is 10.2 Å². The molecule has 8 heteroatoms. The molecule has 0 heterocycles. The largest absolute Gasteiger partial charge is 0.372 e. The van der Waals surface area contributed by atoms with Gasteiger partial charge in [-0.3, -0.25) is 0 Å². The highest BCUT2D eigenvalue weighted by molar-refractivity contribution is 7.80. The Labute approximate surface area is 158 Å². The molecule has 0 aliphatic carbocycles. The highest BCUT2D eigenvalue weighted by Gasteiger charge is 1.96. The van der Waals surface area contributed by atoms with Gasteiger partial charge in [0, 0.05) is 39.3 Å². The number of rotatable bonds is 14. The summed E-state index contributed by atoms with van der Waals surface area (Å²) in [5, 5.41) is 20.6. The second-order valence-corrected chi connectivity index (χ2v) is 6.22. The van der Waals surface area contributed by atoms with E-state index >= 15 is 0 Å². The fourth-order valence-corrected chi connectivity index (χ4v) is 2.13. The van der Waals surface area contributed by atoms with Gasteiger partial charge >= 0.3 is 0 Å². The third-order valence-electron chi connectivity index (χ3n) is 3.03. The SMILES string of the molecule is C=C(NCCCNC(=S)NCCC)NCCCNC(=S)NCCC. The molecule has 0 aromatic carbocycles. The minimum atomic E-state index is 0.729. The van der Waals surface area contributed by atoms with Gasteiger partial charge in [0.05, 0.1) is 5.82 Å². The Morgan fingerprint density at radius 1 is 0.625 bits per heavy atom. The van der Waals surface area contributed by atoms with Crippen LogP contribution in [-0.4, -0.2) is 49.5 Å². The van der Waals surface area contributed by atoms with Crippen molar-refractivity contribution in [2.45, 2.75) is 39.5 Å². The van der Waals surface area contributed by atoms with E-state index in [9.17, 15) is 0 Å². The minimum Gasteiger partial charge on any atom is -0.372 e. The number of thiocarbonyl (C=S) groups is 2. The van der Waals surface area contributed by atoms with Gasteiger partial charge in [-0.25, -0.2) is 0 Å². The molecule has 0 aromatic rings. The predicted molar refractivity (Wildman–Crippen MR) is 112 cm³/mol. The molecule has 0 aromatic heterocycles. The van der Waals surface area contributed by atoms with Crippen LogP contribution < -0.4 is 31.9 Å². The molecule has 0 saturated heterocycles. The molecule has 6 N–H and O–H groups in total. The topological polar surface area (TPSA) is 72.2 Å². The zero-order chi connectivity index (χ0) is 18.0. The van der Waals surface area contributed by atoms with Crippen molar-refractivity contribution in [3.63, 3.8) is 0 Å². The molecule has 24 heavy (non-hydrogen) atoms. The van der Waals surface area contributed by atoms with Crippen molar-refractivity contribution in [1.29, 1.82) is 0 Å². The summed E-state index contributed by atoms with van der Waals surface area (Å²) in [5.74, 6) is 0.855. The standard InChI is InChI=1S/C16H34N6S2/c1-4-8-19-15(23)21-12-6-10-17-14(3)18-11-7-13-22-16(24)20-9-5-2/h17-18H,3-13H2,1-2H3,(H2,19,21,23)(H2,20,22,24). The van der Waals surface area contributed by atoms with Crippen LogP contribution in [0.2, 0.25) is 0 Å². The van der Waals surface area contributed by atoms with Crippen LogP contribution in [-0.2, 0) is 0 Å². The van der Waals surface area contributed by atoms with Gasteiger partial charge in [-0.15, -0.1) is 0 Å². The minimum absolute atomic E-state index is 0.729. The van der Waals surface area contributed by atoms with Crippen LogP contribution in [0.3, 0.4) is 0 Å². The summed E-state index contributed by atoms with van der Waals surface area (Å²) in [6.45, 7) is 13.4. The zero-order valence-electron chi connectivity index (χ0n) is 15.1. The van der Waals surface area contributed by atoms with Crippen molar-refractivity contribution in [3.8, 4) is 0 Å². The van der Waals surface area contributed by atoms with E-state index in [2.05, 4.69) is 52.3 Å². The lowest BCUT2D eigenvalue weighted by atomic mass is 10.4. The Balaban J connectivity index is 3.38. The zero-order valence-corrected chi connectivity index (χ0v) is 16.7. The lowest BCUT2D eigenvalue weighted by Gasteiger charge is -2.14. The van der Waals surface area contributed by atoms with Crippen LogP contribution in [0.25, 0.3) is 0 Å². The molecule has 0 aliphatic rings. The highest BCUT2D eigenvalue weighted by Crippen LogP contribution is 1.83. The average Bonchev–Trinajstić information content (AvgIpc) is 2.57. The second kappa shape index (κ2) is 16.6. The van der Waals surface area contributed by atoms with Crippen LogP contribution in [0.1, 0.15) is 39.5 Å². The van der Waals surface area contributed by atoms with E-state index in [1.807, 2.05) is 0 Å². The van der Waals surface area contributed by atoms with Gasteiger partial charge in [0.2, 0.25) is 0 Å². The molecule has 140 valence electrons. The van der Waals surface area contributed by atoms with Crippen LogP contribution in [0.4, 0.5) is 0 Å². The van der Waals surface area contributed by atoms with Crippen LogP contribution in [0.5, 0.6) is 0 Å². The summed E-state index contributed by atoms with van der Waals surface area (Å²) >= 11 is 10.3. The molecule has 0 radical (unpaired) electrons. The van der Waals surface area contributed by atoms with E-state index in [4.69, 9.17) is 24.4 Å². The molecule has 0 saturated carbocycles. The molecule has 0 amide bonds. The average molecular weight is 375 g/mol. The van der Waals surface area contributed by atoms with Gasteiger partial charge in [-0.05, 0) is 50.1 Å². The van der Waals surface area contributed by atoms with Gasteiger partial charge in [0.1, 0.15) is 0 Å². The van der Waals surface area contributed by atoms with Crippen LogP contribution in [0, 0.1) is 0 Å². The lowest BCUT2D eigenvalue weighted by Crippen LogP contribution is -2.38. The Morgan fingerprint density at radius 2 is 0.958 bits per heavy atom. The first-order valence-electron chi connectivity index (χ1n) is 8.80. The second-order valence-electron chi connectivity index (χ2n) is 5.40. The van der Waals surface area contributed by atoms with Gasteiger partial charge in [0.25, 0.3) is 0 Å². The van der Waals surface area contributed by atoms with Crippen LogP contribution >= 0.6 is 24.4 Å². The van der Waals surface area contributed by atoms with Gasteiger partial charge < -0.3 is 31.9 Å². The van der Waals surface area contributed by atoms with E-state index in [-0.39, 0.29) is 0 Å². The van der Waals surface area contributed by atoms with Crippen molar-refractivity contribution >= 4 is 34.7 Å². The molecule has 0 fully saturated rings. The summed E-state index contributed by atoms with van der Waals surface area (Å²) in [6.07, 6.45) is 4.11. The number of hydrogen-bond donors (Lipinski definition) is 6. The normalized spacial score (nSPS) is 9.75. The van der Waals surface area contributed by atoms with Crippen molar-refractivity contribution in [3.05, 3.63) is 12.4 Å². The monoisotopic (exact) mass is 374 g/mol. The quantitative estimate of drug-likeness (QED) is 0.200. The van der Waals surface area contributed by atoms with E-state index in [1.165, 1.54) is 0 Å². The smallest absolute Gasteiger partial charge is 0.166 e. The maximum atomic E-state index is 5.15. The number of hydrogen-bond acceptors (Lipinski definition) is 4. The van der Waals surface area contributed by atoms with E-state index in [0.29, 0.717) is 0 Å². The molecule has 6 nitrogen and oxygen atoms in total. The Morgan fingerprint density at radius 3 is 1.33 bits per heavy atom. The summed E-state index contributed by atoms with van der Waals surface area (Å²) in [6, 6.07) is 0. The summed E-state index contributed by atoms with van der Waals surface area (Å²) < 4.78 is 0. The molecule has 0 bridgehead atoms. The molecule has 0 spiro atoms. The van der Waals surface area contributed by atoms with Crippen molar-refractivity contribution in [1.82, 2.24) is 31.9 Å². The third kappa shape index (κ3) is 15.6.